The molecule has 0 bridgehead atoms. The fraction of sp³-hybridized carbons (Fsp3) is 0.231. The number of fused-ring (bicyclic) bond motifs is 1. The Labute approximate surface area is 203 Å². The van der Waals surface area contributed by atoms with Gasteiger partial charge in [-0.05, 0) is 31.5 Å². The quantitative estimate of drug-likeness (QED) is 0.410. The third kappa shape index (κ3) is 4.65. The lowest BCUT2D eigenvalue weighted by Crippen LogP contribution is -2.29. The predicted molar refractivity (Wildman–Crippen MR) is 132 cm³/mol. The molecule has 8 heteroatoms. The molecule has 1 fully saturated rings. The number of hydrogen-bond acceptors (Lipinski definition) is 6. The second-order valence-electron chi connectivity index (χ2n) is 7.93. The van der Waals surface area contributed by atoms with E-state index in [1.54, 1.807) is 12.4 Å². The Kier molecular flexibility index (Phi) is 6.93. The van der Waals surface area contributed by atoms with Crippen LogP contribution in [0.15, 0.2) is 61.7 Å². The second-order valence-corrected chi connectivity index (χ2v) is 8.34. The summed E-state index contributed by atoms with van der Waals surface area (Å²) >= 11 is 6.45. The van der Waals surface area contributed by atoms with E-state index in [4.69, 9.17) is 21.3 Å². The molecule has 3 heterocycles. The fourth-order valence-corrected chi connectivity index (χ4v) is 4.21. The Bertz CT molecular complexity index is 1290. The number of benzene rings is 1. The maximum absolute atomic E-state index is 12.1. The van der Waals surface area contributed by atoms with Crippen molar-refractivity contribution in [3.05, 3.63) is 83.6 Å². The largest absolute Gasteiger partial charge is 0.487 e. The summed E-state index contributed by atoms with van der Waals surface area (Å²) in [5, 5.41) is 1.32. The average Bonchev–Trinajstić information content (AvgIpc) is 3.14. The van der Waals surface area contributed by atoms with Crippen LogP contribution < -0.4 is 9.64 Å². The molecule has 7 nitrogen and oxygen atoms in total. The summed E-state index contributed by atoms with van der Waals surface area (Å²) in [5.74, 6) is 0.219. The van der Waals surface area contributed by atoms with Gasteiger partial charge in [-0.1, -0.05) is 36.4 Å². The molecule has 0 unspecified atom stereocenters. The van der Waals surface area contributed by atoms with Crippen molar-refractivity contribution in [1.29, 1.82) is 0 Å². The molecule has 0 spiro atoms. The Balaban J connectivity index is 1.67. The summed E-state index contributed by atoms with van der Waals surface area (Å²) in [5.41, 5.74) is 3.84. The number of rotatable bonds is 8. The van der Waals surface area contributed by atoms with Gasteiger partial charge >= 0.3 is 0 Å². The number of amides is 2. The van der Waals surface area contributed by atoms with Crippen LogP contribution in [0.4, 0.5) is 5.69 Å². The first-order valence-corrected chi connectivity index (χ1v) is 11.3. The zero-order valence-electron chi connectivity index (χ0n) is 19.1. The SMILES string of the molecule is C=CN(/C=C\C)c1cc(C)nc2c(OCc3c(Cl)cncc3CN3C(=O)CCC3=O)cccc12. The topological polar surface area (TPSA) is 75.6 Å². The molecule has 2 aromatic heterocycles. The van der Waals surface area contributed by atoms with E-state index in [1.165, 1.54) is 11.1 Å². The highest BCUT2D eigenvalue weighted by Crippen LogP contribution is 2.34. The van der Waals surface area contributed by atoms with Gasteiger partial charge in [0.05, 0.1) is 17.3 Å². The second kappa shape index (κ2) is 10.1. The monoisotopic (exact) mass is 476 g/mol. The lowest BCUT2D eigenvalue weighted by molar-refractivity contribution is -0.139. The Morgan fingerprint density at radius 3 is 2.71 bits per heavy atom. The molecule has 0 saturated carbocycles. The standard InChI is InChI=1S/C26H25ClN4O3/c1-4-11-30(5-2)22-12-17(3)29-26-19(22)7-6-8-23(26)34-16-20-18(13-28-14-21(20)27)15-31-24(32)9-10-25(31)33/h4-8,11-14H,2,9-10,15-16H2,1,3H3/b11-4-. The predicted octanol–water partition coefficient (Wildman–Crippen LogP) is 5.30. The highest BCUT2D eigenvalue weighted by molar-refractivity contribution is 6.31. The molecule has 3 aromatic rings. The van der Waals surface area contributed by atoms with Crippen molar-refractivity contribution in [2.24, 2.45) is 0 Å². The first-order valence-electron chi connectivity index (χ1n) is 10.9. The van der Waals surface area contributed by atoms with Gasteiger partial charge in [0.1, 0.15) is 17.9 Å². The zero-order valence-corrected chi connectivity index (χ0v) is 19.9. The van der Waals surface area contributed by atoms with Gasteiger partial charge in [-0.15, -0.1) is 0 Å². The van der Waals surface area contributed by atoms with Gasteiger partial charge in [0.15, 0.2) is 0 Å². The van der Waals surface area contributed by atoms with Gasteiger partial charge < -0.3 is 9.64 Å². The minimum absolute atomic E-state index is 0.124. The van der Waals surface area contributed by atoms with Crippen molar-refractivity contribution < 1.29 is 14.3 Å². The van der Waals surface area contributed by atoms with Crippen LogP contribution in [-0.2, 0) is 22.7 Å². The number of imide groups is 1. The highest BCUT2D eigenvalue weighted by atomic mass is 35.5. The molecule has 4 rings (SSSR count). The van der Waals surface area contributed by atoms with Crippen molar-refractivity contribution >= 4 is 40.0 Å². The van der Waals surface area contributed by atoms with Crippen LogP contribution in [0.3, 0.4) is 0 Å². The summed E-state index contributed by atoms with van der Waals surface area (Å²) in [6, 6.07) is 7.75. The summed E-state index contributed by atoms with van der Waals surface area (Å²) in [6.45, 7) is 8.05. The minimum atomic E-state index is -0.189. The molecule has 2 amide bonds. The Morgan fingerprint density at radius 2 is 2.00 bits per heavy atom. The maximum Gasteiger partial charge on any atom is 0.229 e. The number of aromatic nitrogens is 2. The smallest absolute Gasteiger partial charge is 0.229 e. The zero-order chi connectivity index (χ0) is 24.2. The molecule has 0 N–H and O–H groups in total. The van der Waals surface area contributed by atoms with Crippen molar-refractivity contribution in [3.63, 3.8) is 0 Å². The van der Waals surface area contributed by atoms with Crippen LogP contribution in [0.1, 0.15) is 36.6 Å². The van der Waals surface area contributed by atoms with Crippen LogP contribution in [0.5, 0.6) is 5.75 Å². The van der Waals surface area contributed by atoms with Crippen molar-refractivity contribution in [2.75, 3.05) is 4.90 Å². The number of likely N-dealkylation sites (tertiary alicyclic amines) is 1. The first-order chi connectivity index (χ1) is 16.4. The van der Waals surface area contributed by atoms with Gasteiger partial charge in [0.2, 0.25) is 11.8 Å². The number of aryl methyl sites for hydroxylation is 1. The molecule has 0 radical (unpaired) electrons. The van der Waals surface area contributed by atoms with Crippen molar-refractivity contribution in [3.8, 4) is 5.75 Å². The van der Waals surface area contributed by atoms with Gasteiger partial charge in [0.25, 0.3) is 0 Å². The number of allylic oxidation sites excluding steroid dienone is 1. The van der Waals surface area contributed by atoms with E-state index in [-0.39, 0.29) is 37.8 Å². The van der Waals surface area contributed by atoms with E-state index in [0.717, 1.165) is 16.8 Å². The number of anilines is 1. The van der Waals surface area contributed by atoms with E-state index in [1.807, 2.05) is 55.3 Å². The van der Waals surface area contributed by atoms with Crippen LogP contribution in [0.2, 0.25) is 5.02 Å². The molecular formula is C26H25ClN4O3. The van der Waals surface area contributed by atoms with Crippen LogP contribution >= 0.6 is 11.6 Å². The number of halogens is 1. The summed E-state index contributed by atoms with van der Waals surface area (Å²) in [7, 11) is 0. The van der Waals surface area contributed by atoms with Gasteiger partial charge in [0, 0.05) is 54.3 Å². The fourth-order valence-electron chi connectivity index (χ4n) is 3.98. The van der Waals surface area contributed by atoms with E-state index in [0.29, 0.717) is 27.4 Å². The lowest BCUT2D eigenvalue weighted by atomic mass is 10.1. The molecule has 1 aromatic carbocycles. The van der Waals surface area contributed by atoms with Crippen LogP contribution in [-0.4, -0.2) is 26.7 Å². The van der Waals surface area contributed by atoms with Gasteiger partial charge in [-0.2, -0.15) is 0 Å². The summed E-state index contributed by atoms with van der Waals surface area (Å²) < 4.78 is 6.20. The van der Waals surface area contributed by atoms with E-state index in [2.05, 4.69) is 11.6 Å². The van der Waals surface area contributed by atoms with Crippen LogP contribution in [0.25, 0.3) is 10.9 Å². The number of pyridine rings is 2. The molecule has 0 atom stereocenters. The number of hydrogen-bond donors (Lipinski definition) is 0. The van der Waals surface area contributed by atoms with E-state index < -0.39 is 0 Å². The molecule has 1 aliphatic rings. The Morgan fingerprint density at radius 1 is 1.24 bits per heavy atom. The number of carbonyl (C=O) groups excluding carboxylic acids is 2. The average molecular weight is 477 g/mol. The number of carbonyl (C=O) groups is 2. The third-order valence-corrected chi connectivity index (χ3v) is 5.97. The van der Waals surface area contributed by atoms with E-state index in [9.17, 15) is 9.59 Å². The molecular weight excluding hydrogens is 452 g/mol. The minimum Gasteiger partial charge on any atom is -0.487 e. The number of para-hydroxylation sites is 1. The first kappa shape index (κ1) is 23.4. The van der Waals surface area contributed by atoms with Crippen molar-refractivity contribution in [2.45, 2.75) is 39.8 Å². The highest BCUT2D eigenvalue weighted by Gasteiger charge is 2.29. The molecule has 174 valence electrons. The van der Waals surface area contributed by atoms with Gasteiger partial charge in [-0.25, -0.2) is 4.98 Å². The van der Waals surface area contributed by atoms with Gasteiger partial charge in [-0.3, -0.25) is 19.5 Å². The number of nitrogens with zero attached hydrogens (tertiary/aromatic N) is 4. The molecule has 1 aliphatic heterocycles. The molecule has 34 heavy (non-hydrogen) atoms. The third-order valence-electron chi connectivity index (χ3n) is 5.64. The van der Waals surface area contributed by atoms with E-state index >= 15 is 0 Å². The maximum atomic E-state index is 12.1. The Hall–Kier alpha value is -3.71. The summed E-state index contributed by atoms with van der Waals surface area (Å²) in [4.78, 5) is 36.2. The lowest BCUT2D eigenvalue weighted by Gasteiger charge is -2.20. The normalized spacial score (nSPS) is 13.8. The number of ether oxygens (including phenoxy) is 1. The van der Waals surface area contributed by atoms with Crippen LogP contribution in [0, 0.1) is 6.92 Å². The summed E-state index contributed by atoms with van der Waals surface area (Å²) in [6.07, 6.45) is 9.22. The molecule has 0 aliphatic carbocycles. The van der Waals surface area contributed by atoms with Crippen molar-refractivity contribution in [1.82, 2.24) is 14.9 Å². The molecule has 1 saturated heterocycles.